The molecule has 0 aliphatic carbocycles. The first-order valence-electron chi connectivity index (χ1n) is 9.71. The highest BCUT2D eigenvalue weighted by molar-refractivity contribution is 7.92. The lowest BCUT2D eigenvalue weighted by Crippen LogP contribution is -3.11. The van der Waals surface area contributed by atoms with Crippen molar-refractivity contribution in [2.24, 2.45) is 0 Å². The molecule has 3 N–H and O–H groups in total. The fourth-order valence-corrected chi connectivity index (χ4v) is 4.35. The van der Waals surface area contributed by atoms with E-state index in [1.165, 1.54) is 17.7 Å². The predicted molar refractivity (Wildman–Crippen MR) is 113 cm³/mol. The number of amides is 1. The maximum atomic E-state index is 12.8. The van der Waals surface area contributed by atoms with Gasteiger partial charge in [0.05, 0.1) is 44.3 Å². The molecule has 8 heteroatoms. The first kappa shape index (κ1) is 21.1. The van der Waals surface area contributed by atoms with Gasteiger partial charge in [-0.05, 0) is 36.4 Å². The van der Waals surface area contributed by atoms with Crippen molar-refractivity contribution in [1.82, 2.24) is 5.32 Å². The molecule has 0 bridgehead atoms. The number of methoxy groups -OCH3 is 1. The van der Waals surface area contributed by atoms with Crippen LogP contribution in [0.3, 0.4) is 0 Å². The number of ether oxygens (including phenoxy) is 1. The second kappa shape index (κ2) is 9.28. The lowest BCUT2D eigenvalue weighted by Gasteiger charge is -2.25. The minimum atomic E-state index is -3.47. The number of para-hydroxylation sites is 1. The van der Waals surface area contributed by atoms with Gasteiger partial charge in [0.1, 0.15) is 11.8 Å². The van der Waals surface area contributed by atoms with Crippen molar-refractivity contribution >= 4 is 21.6 Å². The van der Waals surface area contributed by atoms with Crippen LogP contribution in [0.15, 0.2) is 48.5 Å². The minimum absolute atomic E-state index is 0.127. The summed E-state index contributed by atoms with van der Waals surface area (Å²) in [6.45, 7) is 2.60. The third kappa shape index (κ3) is 5.71. The second-order valence-corrected chi connectivity index (χ2v) is 9.07. The van der Waals surface area contributed by atoms with Crippen LogP contribution in [0.2, 0.25) is 0 Å². The second-order valence-electron chi connectivity index (χ2n) is 7.32. The number of carbonyl (C=O) groups is 1. The monoisotopic (exact) mass is 418 g/mol. The number of rotatable bonds is 8. The van der Waals surface area contributed by atoms with Crippen LogP contribution in [0.4, 0.5) is 5.69 Å². The Hall–Kier alpha value is -2.58. The molecule has 1 fully saturated rings. The van der Waals surface area contributed by atoms with E-state index in [4.69, 9.17) is 4.74 Å². The summed E-state index contributed by atoms with van der Waals surface area (Å²) >= 11 is 0. The summed E-state index contributed by atoms with van der Waals surface area (Å²) in [6.07, 6.45) is 3.42. The zero-order valence-electron chi connectivity index (χ0n) is 16.8. The van der Waals surface area contributed by atoms with Gasteiger partial charge >= 0.3 is 0 Å². The maximum absolute atomic E-state index is 12.8. The van der Waals surface area contributed by atoms with Crippen molar-refractivity contribution in [3.05, 3.63) is 59.7 Å². The summed E-state index contributed by atoms with van der Waals surface area (Å²) in [6, 6.07) is 14.7. The molecule has 1 heterocycles. The van der Waals surface area contributed by atoms with Crippen LogP contribution < -0.4 is 19.7 Å². The van der Waals surface area contributed by atoms with Crippen LogP contribution in [0.5, 0.6) is 5.75 Å². The number of hydrogen-bond acceptors (Lipinski definition) is 4. The number of likely N-dealkylation sites (tertiary alicyclic amines) is 1. The number of quaternary nitrogens is 1. The normalized spacial score (nSPS) is 15.7. The van der Waals surface area contributed by atoms with E-state index in [1.54, 1.807) is 31.4 Å². The van der Waals surface area contributed by atoms with Crippen molar-refractivity contribution in [1.29, 1.82) is 0 Å². The molecule has 0 spiro atoms. The Morgan fingerprint density at radius 2 is 1.76 bits per heavy atom. The predicted octanol–water partition coefficient (Wildman–Crippen LogP) is 1.22. The maximum Gasteiger partial charge on any atom is 0.253 e. The molecule has 3 rings (SSSR count). The van der Waals surface area contributed by atoms with Crippen LogP contribution in [-0.4, -0.2) is 47.3 Å². The van der Waals surface area contributed by atoms with Crippen molar-refractivity contribution in [3.8, 4) is 5.75 Å². The van der Waals surface area contributed by atoms with Crippen LogP contribution in [-0.2, 0) is 10.0 Å². The zero-order valence-corrected chi connectivity index (χ0v) is 17.6. The van der Waals surface area contributed by atoms with Gasteiger partial charge in [0, 0.05) is 18.4 Å². The first-order chi connectivity index (χ1) is 13.9. The molecule has 0 radical (unpaired) electrons. The van der Waals surface area contributed by atoms with E-state index in [9.17, 15) is 13.2 Å². The Labute approximate surface area is 172 Å². The standard InChI is InChI=1S/C21H27N3O4S/c1-28-17-11-9-16(10-12-17)20(24-13-5-6-14-24)15-22-21(25)18-7-3-4-8-19(18)23-29(2,26)27/h3-4,7-12,20,23H,5-6,13-15H2,1-2H3,(H,22,25)/p+1/t20-/m0/s1. The number of sulfonamides is 1. The molecule has 7 nitrogen and oxygen atoms in total. The van der Waals surface area contributed by atoms with Gasteiger partial charge in [-0.25, -0.2) is 8.42 Å². The number of nitrogens with one attached hydrogen (secondary N) is 3. The van der Waals surface area contributed by atoms with Crippen molar-refractivity contribution in [3.63, 3.8) is 0 Å². The van der Waals surface area contributed by atoms with E-state index in [0.29, 0.717) is 12.1 Å². The van der Waals surface area contributed by atoms with Crippen LogP contribution in [0.25, 0.3) is 0 Å². The smallest absolute Gasteiger partial charge is 0.253 e. The average Bonchev–Trinajstić information content (AvgIpc) is 3.22. The SMILES string of the molecule is COc1ccc([C@H](CNC(=O)c2ccccc2NS(C)(=O)=O)[NH+]2CCCC2)cc1. The molecule has 0 unspecified atom stereocenters. The Kier molecular flexibility index (Phi) is 6.76. The molecule has 0 aromatic heterocycles. The highest BCUT2D eigenvalue weighted by Gasteiger charge is 2.28. The van der Waals surface area contributed by atoms with E-state index in [1.807, 2.05) is 24.3 Å². The number of carbonyl (C=O) groups excluding carboxylic acids is 1. The van der Waals surface area contributed by atoms with Gasteiger partial charge in [-0.3, -0.25) is 9.52 Å². The third-order valence-corrected chi connectivity index (χ3v) is 5.78. The molecule has 156 valence electrons. The molecule has 2 aromatic rings. The molecule has 0 saturated carbocycles. The fraction of sp³-hybridized carbons (Fsp3) is 0.381. The first-order valence-corrected chi connectivity index (χ1v) is 11.6. The molecule has 1 saturated heterocycles. The number of hydrogen-bond donors (Lipinski definition) is 3. The fourth-order valence-electron chi connectivity index (χ4n) is 3.77. The average molecular weight is 419 g/mol. The molecule has 1 aliphatic rings. The topological polar surface area (TPSA) is 88.9 Å². The largest absolute Gasteiger partial charge is 0.497 e. The Morgan fingerprint density at radius 3 is 2.38 bits per heavy atom. The van der Waals surface area contributed by atoms with Crippen LogP contribution in [0.1, 0.15) is 34.8 Å². The minimum Gasteiger partial charge on any atom is -0.497 e. The Bertz CT molecular complexity index is 939. The van der Waals surface area contributed by atoms with Crippen molar-refractivity contribution in [2.45, 2.75) is 18.9 Å². The van der Waals surface area contributed by atoms with Crippen molar-refractivity contribution in [2.75, 3.05) is 37.7 Å². The van der Waals surface area contributed by atoms with Crippen LogP contribution in [0, 0.1) is 0 Å². The highest BCUT2D eigenvalue weighted by atomic mass is 32.2. The summed E-state index contributed by atoms with van der Waals surface area (Å²) < 4.78 is 30.9. The van der Waals surface area contributed by atoms with Gasteiger partial charge in [-0.15, -0.1) is 0 Å². The lowest BCUT2D eigenvalue weighted by molar-refractivity contribution is -0.918. The molecule has 1 amide bonds. The van der Waals surface area contributed by atoms with E-state index in [2.05, 4.69) is 10.0 Å². The number of anilines is 1. The Balaban J connectivity index is 1.76. The highest BCUT2D eigenvalue weighted by Crippen LogP contribution is 2.18. The van der Waals surface area contributed by atoms with E-state index < -0.39 is 10.0 Å². The van der Waals surface area contributed by atoms with E-state index in [0.717, 1.165) is 30.7 Å². The van der Waals surface area contributed by atoms with E-state index in [-0.39, 0.29) is 17.6 Å². The quantitative estimate of drug-likeness (QED) is 0.601. The summed E-state index contributed by atoms with van der Waals surface area (Å²) in [7, 11) is -1.83. The molecule has 29 heavy (non-hydrogen) atoms. The Morgan fingerprint density at radius 1 is 1.10 bits per heavy atom. The van der Waals surface area contributed by atoms with Gasteiger partial charge in [0.2, 0.25) is 10.0 Å². The van der Waals surface area contributed by atoms with Gasteiger partial charge < -0.3 is 15.0 Å². The summed E-state index contributed by atoms with van der Waals surface area (Å²) in [5, 5.41) is 3.00. The van der Waals surface area contributed by atoms with Gasteiger partial charge in [0.25, 0.3) is 5.91 Å². The molecule has 1 atom stereocenters. The van der Waals surface area contributed by atoms with Gasteiger partial charge in [-0.1, -0.05) is 12.1 Å². The van der Waals surface area contributed by atoms with Crippen molar-refractivity contribution < 1.29 is 22.8 Å². The van der Waals surface area contributed by atoms with Gasteiger partial charge in [-0.2, -0.15) is 0 Å². The van der Waals surface area contributed by atoms with E-state index >= 15 is 0 Å². The summed E-state index contributed by atoms with van der Waals surface area (Å²) in [5.41, 5.74) is 1.73. The molecule has 2 aromatic carbocycles. The molecular formula is C21H28N3O4S+. The zero-order chi connectivity index (χ0) is 20.9. The molecular weight excluding hydrogens is 390 g/mol. The summed E-state index contributed by atoms with van der Waals surface area (Å²) in [5.74, 6) is 0.502. The number of benzene rings is 2. The van der Waals surface area contributed by atoms with Crippen LogP contribution >= 0.6 is 0 Å². The lowest BCUT2D eigenvalue weighted by atomic mass is 10.0. The van der Waals surface area contributed by atoms with Gasteiger partial charge in [0.15, 0.2) is 0 Å². The summed E-state index contributed by atoms with van der Waals surface area (Å²) in [4.78, 5) is 14.3. The third-order valence-electron chi connectivity index (χ3n) is 5.19. The molecule has 1 aliphatic heterocycles.